The Kier molecular flexibility index (Phi) is 6.28. The van der Waals surface area contributed by atoms with E-state index in [1.54, 1.807) is 24.3 Å². The van der Waals surface area contributed by atoms with Gasteiger partial charge < -0.3 is 5.32 Å². The van der Waals surface area contributed by atoms with E-state index in [9.17, 15) is 22.0 Å². The fourth-order valence-corrected chi connectivity index (χ4v) is 4.46. The van der Waals surface area contributed by atoms with Crippen molar-refractivity contribution in [1.29, 1.82) is 0 Å². The van der Waals surface area contributed by atoms with Crippen molar-refractivity contribution in [3.05, 3.63) is 70.8 Å². The first kappa shape index (κ1) is 22.4. The minimum atomic E-state index is -4.13. The quantitative estimate of drug-likeness (QED) is 0.516. The molecule has 0 atom stereocenters. The van der Waals surface area contributed by atoms with Crippen LogP contribution in [-0.4, -0.2) is 31.8 Å². The third-order valence-electron chi connectivity index (χ3n) is 4.86. The molecule has 0 fully saturated rings. The van der Waals surface area contributed by atoms with Gasteiger partial charge in [-0.1, -0.05) is 36.4 Å². The Bertz CT molecular complexity index is 1110. The van der Waals surface area contributed by atoms with Crippen molar-refractivity contribution in [1.82, 2.24) is 4.90 Å². The number of carbonyl (C=O) groups excluding carboxylic acids is 1. The summed E-state index contributed by atoms with van der Waals surface area (Å²) in [5.74, 6) is -0.437. The van der Waals surface area contributed by atoms with Gasteiger partial charge in [0.1, 0.15) is 0 Å². The Morgan fingerprint density at radius 3 is 2.67 bits per heavy atom. The molecule has 0 aromatic heterocycles. The zero-order valence-electron chi connectivity index (χ0n) is 15.9. The average molecular weight is 456 g/mol. The minimum Gasteiger partial charge on any atom is -0.326 e. The van der Waals surface area contributed by atoms with Crippen LogP contribution in [0.1, 0.15) is 16.7 Å². The molecule has 0 saturated heterocycles. The van der Waals surface area contributed by atoms with Crippen LogP contribution in [0.15, 0.2) is 53.9 Å². The maximum atomic E-state index is 14.0. The van der Waals surface area contributed by atoms with Gasteiger partial charge >= 0.3 is 6.05 Å². The van der Waals surface area contributed by atoms with Crippen LogP contribution in [0.4, 0.5) is 14.5 Å². The van der Waals surface area contributed by atoms with Crippen LogP contribution >= 0.6 is 11.6 Å². The van der Waals surface area contributed by atoms with Gasteiger partial charge in [-0.15, -0.1) is 0 Å². The number of nitrogens with one attached hydrogen (secondary N) is 1. The first-order valence-electron chi connectivity index (χ1n) is 8.99. The van der Waals surface area contributed by atoms with Gasteiger partial charge in [0.15, 0.2) is 0 Å². The van der Waals surface area contributed by atoms with E-state index in [0.29, 0.717) is 27.8 Å². The molecule has 0 unspecified atom stereocenters. The molecule has 1 aliphatic rings. The van der Waals surface area contributed by atoms with E-state index in [4.69, 9.17) is 16.7 Å². The number of fused-ring (bicyclic) bond motifs is 1. The Morgan fingerprint density at radius 1 is 1.33 bits per heavy atom. The molecule has 6 nitrogen and oxygen atoms in total. The van der Waals surface area contributed by atoms with E-state index >= 15 is 0 Å². The summed E-state index contributed by atoms with van der Waals surface area (Å²) in [5.41, 5.74) is 1.47. The molecule has 0 saturated carbocycles. The molecule has 0 spiro atoms. The smallest absolute Gasteiger partial charge is 0.324 e. The molecule has 1 amide bonds. The third kappa shape index (κ3) is 4.86. The highest BCUT2D eigenvalue weighted by atomic mass is 35.5. The van der Waals surface area contributed by atoms with E-state index in [1.165, 1.54) is 12.1 Å². The van der Waals surface area contributed by atoms with Crippen molar-refractivity contribution in [2.75, 3.05) is 11.9 Å². The van der Waals surface area contributed by atoms with Gasteiger partial charge in [-0.25, -0.2) is 18.5 Å². The number of amides is 1. The van der Waals surface area contributed by atoms with Crippen LogP contribution in [0.25, 0.3) is 0 Å². The zero-order valence-corrected chi connectivity index (χ0v) is 17.4. The second kappa shape index (κ2) is 8.43. The number of hydrogen-bond donors (Lipinski definition) is 2. The molecular weight excluding hydrogens is 436 g/mol. The van der Waals surface area contributed by atoms with E-state index in [1.807, 2.05) is 0 Å². The summed E-state index contributed by atoms with van der Waals surface area (Å²) in [6.07, 6.45) is 0.564. The van der Waals surface area contributed by atoms with Gasteiger partial charge in [0.05, 0.1) is 11.3 Å². The normalized spacial score (nSPS) is 14.8. The summed E-state index contributed by atoms with van der Waals surface area (Å²) >= 11 is 6.06. The van der Waals surface area contributed by atoms with Gasteiger partial charge in [0.2, 0.25) is 15.9 Å². The molecule has 0 bridgehead atoms. The number of primary sulfonamides is 1. The van der Waals surface area contributed by atoms with Gasteiger partial charge in [-0.3, -0.25) is 4.79 Å². The third-order valence-corrected chi connectivity index (χ3v) is 6.21. The molecule has 160 valence electrons. The number of nitrogens with two attached hydrogens (primary N) is 1. The number of carbonyl (C=O) groups is 1. The lowest BCUT2D eigenvalue weighted by Gasteiger charge is -2.34. The lowest BCUT2D eigenvalue weighted by atomic mass is 9.98. The topological polar surface area (TPSA) is 92.5 Å². The van der Waals surface area contributed by atoms with Crippen LogP contribution in [0.5, 0.6) is 0 Å². The second-order valence-electron chi connectivity index (χ2n) is 6.94. The Morgan fingerprint density at radius 2 is 2.03 bits per heavy atom. The van der Waals surface area contributed by atoms with Crippen molar-refractivity contribution in [3.63, 3.8) is 0 Å². The van der Waals surface area contributed by atoms with Crippen LogP contribution < -0.4 is 10.5 Å². The summed E-state index contributed by atoms with van der Waals surface area (Å²) in [6.45, 7) is 2.87. The highest BCUT2D eigenvalue weighted by Gasteiger charge is 2.37. The summed E-state index contributed by atoms with van der Waals surface area (Å²) in [4.78, 5) is 13.1. The largest absolute Gasteiger partial charge is 0.326 e. The minimum absolute atomic E-state index is 0.0396. The Hall–Kier alpha value is -2.33. The zero-order chi connectivity index (χ0) is 22.1. The van der Waals surface area contributed by atoms with Crippen LogP contribution in [0, 0.1) is 0 Å². The molecule has 30 heavy (non-hydrogen) atoms. The van der Waals surface area contributed by atoms with Gasteiger partial charge in [-0.2, -0.15) is 8.78 Å². The predicted octanol–water partition coefficient (Wildman–Crippen LogP) is 3.31. The molecule has 3 N–H and O–H groups in total. The Balaban J connectivity index is 1.92. The summed E-state index contributed by atoms with van der Waals surface area (Å²) in [5, 5.41) is 8.36. The molecule has 0 aliphatic carbocycles. The molecule has 0 radical (unpaired) electrons. The first-order chi connectivity index (χ1) is 14.0. The molecule has 2 aromatic rings. The number of halogens is 3. The molecular formula is C20H20ClF2N3O3S. The van der Waals surface area contributed by atoms with E-state index < -0.39 is 22.0 Å². The maximum absolute atomic E-state index is 14.0. The van der Waals surface area contributed by atoms with Gasteiger partial charge in [0, 0.05) is 23.8 Å². The highest BCUT2D eigenvalue weighted by Crippen LogP contribution is 2.33. The lowest BCUT2D eigenvalue weighted by molar-refractivity contribution is -0.115. The number of sulfonamides is 1. The second-order valence-corrected chi connectivity index (χ2v) is 8.87. The fourth-order valence-electron chi connectivity index (χ4n) is 3.39. The molecule has 1 aliphatic heterocycles. The SMILES string of the molecule is C=CC(F)(F)N1CCc2c(cc(NC(=O)Cc3ccccc3Cl)cc2S(N)(=O)=O)C1. The van der Waals surface area contributed by atoms with Crippen LogP contribution in [0.2, 0.25) is 5.02 Å². The fraction of sp³-hybridized carbons (Fsp3) is 0.250. The molecule has 2 aromatic carbocycles. The molecule has 10 heteroatoms. The number of anilines is 1. The van der Waals surface area contributed by atoms with Crippen LogP contribution in [0.3, 0.4) is 0 Å². The van der Waals surface area contributed by atoms with Gasteiger partial charge in [0.25, 0.3) is 0 Å². The average Bonchev–Trinajstić information content (AvgIpc) is 2.68. The number of hydrogen-bond acceptors (Lipinski definition) is 4. The van der Waals surface area contributed by atoms with Crippen molar-refractivity contribution >= 4 is 33.2 Å². The van der Waals surface area contributed by atoms with Crippen LogP contribution in [-0.2, 0) is 34.2 Å². The maximum Gasteiger partial charge on any atom is 0.324 e. The predicted molar refractivity (Wildman–Crippen MR) is 111 cm³/mol. The number of nitrogens with zero attached hydrogens (tertiary/aromatic N) is 1. The van der Waals surface area contributed by atoms with E-state index in [0.717, 1.165) is 4.90 Å². The number of benzene rings is 2. The summed E-state index contributed by atoms with van der Waals surface area (Å²) in [6, 6.07) is 6.30. The van der Waals surface area contributed by atoms with Crippen molar-refractivity contribution < 1.29 is 22.0 Å². The summed E-state index contributed by atoms with van der Waals surface area (Å²) < 4.78 is 52.2. The standard InChI is InChI=1S/C20H20ClF2N3O3S/c1-2-20(22,23)26-8-7-16-14(12-26)9-15(11-18(16)30(24,28)29)25-19(27)10-13-5-3-4-6-17(13)21/h2-6,9,11H,1,7-8,10,12H2,(H,25,27)(H2,24,28,29). The van der Waals surface area contributed by atoms with Crippen molar-refractivity contribution in [2.45, 2.75) is 30.3 Å². The van der Waals surface area contributed by atoms with E-state index in [-0.39, 0.29) is 36.5 Å². The number of rotatable bonds is 6. The highest BCUT2D eigenvalue weighted by molar-refractivity contribution is 7.89. The Labute approximate surface area is 178 Å². The molecule has 3 rings (SSSR count). The molecule has 1 heterocycles. The first-order valence-corrected chi connectivity index (χ1v) is 10.9. The van der Waals surface area contributed by atoms with Crippen molar-refractivity contribution in [2.24, 2.45) is 5.14 Å². The number of alkyl halides is 2. The lowest BCUT2D eigenvalue weighted by Crippen LogP contribution is -2.43. The van der Waals surface area contributed by atoms with Crippen molar-refractivity contribution in [3.8, 4) is 0 Å². The van der Waals surface area contributed by atoms with E-state index in [2.05, 4.69) is 11.9 Å². The van der Waals surface area contributed by atoms with Gasteiger partial charge in [-0.05, 0) is 47.4 Å². The summed E-state index contributed by atoms with van der Waals surface area (Å²) in [7, 11) is -4.13. The monoisotopic (exact) mass is 455 g/mol.